The molecule has 0 aliphatic carbocycles. The second kappa shape index (κ2) is 8.79. The van der Waals surface area contributed by atoms with Gasteiger partial charge in [-0.3, -0.25) is 0 Å². The Labute approximate surface area is 166 Å². The van der Waals surface area contributed by atoms with Crippen LogP contribution in [0.3, 0.4) is 0 Å². The number of nitrogens with zero attached hydrogens (tertiary/aromatic N) is 3. The molecule has 9 heteroatoms. The number of carbonyl (C=O) groups excluding carboxylic acids is 1. The monoisotopic (exact) mass is 414 g/mol. The topological polar surface area (TPSA) is 57.7 Å². The predicted molar refractivity (Wildman–Crippen MR) is 107 cm³/mol. The Morgan fingerprint density at radius 1 is 1.31 bits per heavy atom. The number of amides is 1. The maximum absolute atomic E-state index is 11.8. The summed E-state index contributed by atoms with van der Waals surface area (Å²) in [5.41, 5.74) is 1.91. The number of thiazole rings is 1. The largest absolute Gasteiger partial charge is 0.450 e. The number of hydrogen-bond acceptors (Lipinski definition) is 6. The first kappa shape index (κ1) is 19.1. The highest BCUT2D eigenvalue weighted by Crippen LogP contribution is 2.30. The highest BCUT2D eigenvalue weighted by atomic mass is 35.5. The highest BCUT2D eigenvalue weighted by molar-refractivity contribution is 7.15. The number of rotatable bonds is 5. The van der Waals surface area contributed by atoms with Gasteiger partial charge in [0, 0.05) is 42.9 Å². The lowest BCUT2D eigenvalue weighted by Gasteiger charge is -2.35. The number of anilines is 2. The number of hydrogen-bond donors (Lipinski definition) is 1. The summed E-state index contributed by atoms with van der Waals surface area (Å²) in [6.07, 6.45) is 1.51. The van der Waals surface area contributed by atoms with E-state index >= 15 is 0 Å². The number of piperazine rings is 1. The van der Waals surface area contributed by atoms with Gasteiger partial charge < -0.3 is 19.9 Å². The lowest BCUT2D eigenvalue weighted by atomic mass is 10.2. The van der Waals surface area contributed by atoms with Gasteiger partial charge in [-0.2, -0.15) is 0 Å². The van der Waals surface area contributed by atoms with Crippen LogP contribution in [0.15, 0.2) is 24.4 Å². The van der Waals surface area contributed by atoms with Gasteiger partial charge in [0.2, 0.25) is 0 Å². The van der Waals surface area contributed by atoms with Crippen molar-refractivity contribution in [3.63, 3.8) is 0 Å². The van der Waals surface area contributed by atoms with Crippen LogP contribution in [0.1, 0.15) is 11.8 Å². The van der Waals surface area contributed by atoms with Crippen molar-refractivity contribution in [2.45, 2.75) is 13.5 Å². The minimum Gasteiger partial charge on any atom is -0.450 e. The van der Waals surface area contributed by atoms with Crippen LogP contribution in [0.25, 0.3) is 0 Å². The maximum atomic E-state index is 11.8. The van der Waals surface area contributed by atoms with Gasteiger partial charge in [0.15, 0.2) is 4.47 Å². The van der Waals surface area contributed by atoms with Gasteiger partial charge in [-0.1, -0.05) is 23.2 Å². The average Bonchev–Trinajstić information content (AvgIpc) is 3.06. The Balaban J connectivity index is 1.57. The molecule has 0 bridgehead atoms. The average molecular weight is 415 g/mol. The molecule has 0 unspecified atom stereocenters. The molecular weight excluding hydrogens is 395 g/mol. The Kier molecular flexibility index (Phi) is 6.45. The minimum atomic E-state index is -0.249. The summed E-state index contributed by atoms with van der Waals surface area (Å²) in [4.78, 5) is 20.8. The molecular formula is C17H20Cl2N4O2S. The first-order chi connectivity index (χ1) is 12.6. The molecule has 2 aromatic rings. The van der Waals surface area contributed by atoms with Crippen molar-refractivity contribution in [2.24, 2.45) is 0 Å². The summed E-state index contributed by atoms with van der Waals surface area (Å²) in [5.74, 6) is 0. The second-order valence-corrected chi connectivity index (χ2v) is 7.88. The van der Waals surface area contributed by atoms with Gasteiger partial charge >= 0.3 is 6.09 Å². The smallest absolute Gasteiger partial charge is 0.409 e. The third-order valence-electron chi connectivity index (χ3n) is 4.09. The van der Waals surface area contributed by atoms with E-state index in [4.69, 9.17) is 27.9 Å². The number of carbonyl (C=O) groups is 1. The fraction of sp³-hybridized carbons (Fsp3) is 0.412. The van der Waals surface area contributed by atoms with E-state index in [1.54, 1.807) is 11.1 Å². The highest BCUT2D eigenvalue weighted by Gasteiger charge is 2.23. The molecule has 0 atom stereocenters. The van der Waals surface area contributed by atoms with Crippen molar-refractivity contribution in [3.05, 3.63) is 38.8 Å². The number of halogens is 2. The van der Waals surface area contributed by atoms with Crippen molar-refractivity contribution in [2.75, 3.05) is 43.0 Å². The van der Waals surface area contributed by atoms with Gasteiger partial charge in [0.05, 0.1) is 23.9 Å². The van der Waals surface area contributed by atoms with Crippen LogP contribution in [-0.4, -0.2) is 48.8 Å². The summed E-state index contributed by atoms with van der Waals surface area (Å²) < 4.78 is 5.59. The zero-order valence-electron chi connectivity index (χ0n) is 14.4. The molecule has 1 aromatic heterocycles. The molecule has 6 nitrogen and oxygen atoms in total. The third-order valence-corrected chi connectivity index (χ3v) is 5.50. The van der Waals surface area contributed by atoms with Crippen molar-refractivity contribution in [1.29, 1.82) is 0 Å². The van der Waals surface area contributed by atoms with Crippen LogP contribution in [0.4, 0.5) is 16.2 Å². The van der Waals surface area contributed by atoms with E-state index < -0.39 is 0 Å². The fourth-order valence-corrected chi connectivity index (χ4v) is 3.99. The molecule has 1 N–H and O–H groups in total. The molecule has 1 saturated heterocycles. The van der Waals surface area contributed by atoms with E-state index in [-0.39, 0.29) is 6.09 Å². The van der Waals surface area contributed by atoms with Crippen LogP contribution in [0.2, 0.25) is 9.49 Å². The maximum Gasteiger partial charge on any atom is 0.409 e. The van der Waals surface area contributed by atoms with E-state index in [9.17, 15) is 4.79 Å². The molecule has 1 aromatic carbocycles. The number of benzene rings is 1. The van der Waals surface area contributed by atoms with Gasteiger partial charge in [-0.05, 0) is 25.1 Å². The lowest BCUT2D eigenvalue weighted by molar-refractivity contribution is 0.105. The molecule has 3 rings (SSSR count). The molecule has 0 spiro atoms. The van der Waals surface area contributed by atoms with E-state index in [1.165, 1.54) is 11.3 Å². The Morgan fingerprint density at radius 2 is 2.08 bits per heavy atom. The van der Waals surface area contributed by atoms with Crippen molar-refractivity contribution >= 4 is 52.0 Å². The normalized spacial score (nSPS) is 14.4. The molecule has 140 valence electrons. The molecule has 26 heavy (non-hydrogen) atoms. The molecule has 1 aliphatic rings. The minimum absolute atomic E-state index is 0.249. The van der Waals surface area contributed by atoms with Crippen molar-refractivity contribution in [3.8, 4) is 0 Å². The lowest BCUT2D eigenvalue weighted by Crippen LogP contribution is -2.49. The first-order valence-electron chi connectivity index (χ1n) is 8.37. The second-order valence-electron chi connectivity index (χ2n) is 5.77. The fourth-order valence-electron chi connectivity index (χ4n) is 2.77. The van der Waals surface area contributed by atoms with E-state index in [0.29, 0.717) is 35.7 Å². The van der Waals surface area contributed by atoms with E-state index in [1.807, 2.05) is 25.1 Å². The third kappa shape index (κ3) is 4.72. The zero-order chi connectivity index (χ0) is 18.5. The standard InChI is InChI=1S/C17H20Cl2N4O2S/c1-2-25-17(24)23-7-5-22(6-8-23)15-4-3-12(9-14(15)18)20-10-13-11-21-16(19)26-13/h3-4,9,11,20H,2,5-8,10H2,1H3. The quantitative estimate of drug-likeness (QED) is 0.788. The van der Waals surface area contributed by atoms with Gasteiger partial charge in [0.25, 0.3) is 0 Å². The summed E-state index contributed by atoms with van der Waals surface area (Å²) >= 11 is 13.8. The molecule has 1 amide bonds. The molecule has 1 fully saturated rings. The molecule has 0 radical (unpaired) electrons. The van der Waals surface area contributed by atoms with Crippen LogP contribution >= 0.6 is 34.5 Å². The summed E-state index contributed by atoms with van der Waals surface area (Å²) in [5, 5.41) is 4.00. The van der Waals surface area contributed by atoms with Crippen LogP contribution in [0, 0.1) is 0 Å². The molecule has 1 aliphatic heterocycles. The Morgan fingerprint density at radius 3 is 2.69 bits per heavy atom. The van der Waals surface area contributed by atoms with Gasteiger partial charge in [0.1, 0.15) is 0 Å². The SMILES string of the molecule is CCOC(=O)N1CCN(c2ccc(NCc3cnc(Cl)s3)cc2Cl)CC1. The molecule has 0 saturated carbocycles. The number of aromatic nitrogens is 1. The van der Waals surface area contributed by atoms with Crippen LogP contribution in [-0.2, 0) is 11.3 Å². The summed E-state index contributed by atoms with van der Waals surface area (Å²) in [6, 6.07) is 5.92. The Hall–Kier alpha value is -1.70. The van der Waals surface area contributed by atoms with E-state index in [2.05, 4.69) is 15.2 Å². The van der Waals surface area contributed by atoms with E-state index in [0.717, 1.165) is 29.3 Å². The first-order valence-corrected chi connectivity index (χ1v) is 9.94. The predicted octanol–water partition coefficient (Wildman–Crippen LogP) is 4.34. The van der Waals surface area contributed by atoms with Crippen molar-refractivity contribution in [1.82, 2.24) is 9.88 Å². The Bertz CT molecular complexity index is 763. The van der Waals surface area contributed by atoms with Crippen LogP contribution in [0.5, 0.6) is 0 Å². The number of ether oxygens (including phenoxy) is 1. The summed E-state index contributed by atoms with van der Waals surface area (Å²) in [6.45, 7) is 5.57. The van der Waals surface area contributed by atoms with Gasteiger partial charge in [-0.25, -0.2) is 9.78 Å². The number of nitrogens with one attached hydrogen (secondary N) is 1. The van der Waals surface area contributed by atoms with Gasteiger partial charge in [-0.15, -0.1) is 11.3 Å². The molecule has 2 heterocycles. The van der Waals surface area contributed by atoms with Crippen molar-refractivity contribution < 1.29 is 9.53 Å². The summed E-state index contributed by atoms with van der Waals surface area (Å²) in [7, 11) is 0. The van der Waals surface area contributed by atoms with Crippen LogP contribution < -0.4 is 10.2 Å². The zero-order valence-corrected chi connectivity index (χ0v) is 16.7.